The molecule has 146 valence electrons. The van der Waals surface area contributed by atoms with Crippen molar-refractivity contribution in [3.05, 3.63) is 65.4 Å². The van der Waals surface area contributed by atoms with E-state index < -0.39 is 0 Å². The molecule has 28 heavy (non-hydrogen) atoms. The highest BCUT2D eigenvalue weighted by atomic mass is 35.5. The molecule has 6 nitrogen and oxygen atoms in total. The molecule has 0 unspecified atom stereocenters. The third-order valence-corrected chi connectivity index (χ3v) is 4.72. The summed E-state index contributed by atoms with van der Waals surface area (Å²) in [5.74, 6) is -0.288. The molecular formula is C21H23ClN4O2. The summed E-state index contributed by atoms with van der Waals surface area (Å²) < 4.78 is 2.08. The number of imidazole rings is 1. The number of carbonyl (C=O) groups excluding carboxylic acids is 2. The summed E-state index contributed by atoms with van der Waals surface area (Å²) in [6.45, 7) is 2.77. The largest absolute Gasteiger partial charge is 0.356 e. The lowest BCUT2D eigenvalue weighted by atomic mass is 10.0. The van der Waals surface area contributed by atoms with Crippen LogP contribution in [0.3, 0.4) is 0 Å². The summed E-state index contributed by atoms with van der Waals surface area (Å²) in [5.41, 5.74) is 2.90. The summed E-state index contributed by atoms with van der Waals surface area (Å²) >= 11 is 5.92. The highest BCUT2D eigenvalue weighted by Gasteiger charge is 2.17. The Morgan fingerprint density at radius 1 is 1.14 bits per heavy atom. The molecule has 0 spiro atoms. The van der Waals surface area contributed by atoms with Gasteiger partial charge in [-0.15, -0.1) is 0 Å². The van der Waals surface area contributed by atoms with E-state index in [0.29, 0.717) is 11.6 Å². The zero-order valence-electron chi connectivity index (χ0n) is 15.7. The quantitative estimate of drug-likeness (QED) is 0.570. The number of benzene rings is 2. The number of para-hydroxylation sites is 2. The van der Waals surface area contributed by atoms with Gasteiger partial charge in [-0.2, -0.15) is 0 Å². The summed E-state index contributed by atoms with van der Waals surface area (Å²) in [7, 11) is 0. The van der Waals surface area contributed by atoms with Crippen molar-refractivity contribution in [2.24, 2.45) is 0 Å². The number of carbonyl (C=O) groups is 2. The fraction of sp³-hybridized carbons (Fsp3) is 0.286. The number of rotatable bonds is 8. The van der Waals surface area contributed by atoms with Gasteiger partial charge in [-0.1, -0.05) is 35.9 Å². The Hall–Kier alpha value is -2.86. The van der Waals surface area contributed by atoms with E-state index in [-0.39, 0.29) is 24.3 Å². The van der Waals surface area contributed by atoms with Gasteiger partial charge >= 0.3 is 0 Å². The van der Waals surface area contributed by atoms with E-state index in [1.54, 1.807) is 12.1 Å². The Kier molecular flexibility index (Phi) is 6.66. The third-order valence-electron chi connectivity index (χ3n) is 4.46. The van der Waals surface area contributed by atoms with E-state index in [2.05, 4.69) is 20.2 Å². The first kappa shape index (κ1) is 19.9. The zero-order valence-corrected chi connectivity index (χ0v) is 16.4. The van der Waals surface area contributed by atoms with E-state index in [4.69, 9.17) is 11.6 Å². The molecule has 0 radical (unpaired) electrons. The lowest BCUT2D eigenvalue weighted by Crippen LogP contribution is -2.33. The lowest BCUT2D eigenvalue weighted by Gasteiger charge is -2.18. The number of hydrogen-bond acceptors (Lipinski definition) is 3. The average molecular weight is 399 g/mol. The van der Waals surface area contributed by atoms with Crippen LogP contribution in [0.25, 0.3) is 11.0 Å². The van der Waals surface area contributed by atoms with Crippen LogP contribution < -0.4 is 10.6 Å². The van der Waals surface area contributed by atoms with Gasteiger partial charge < -0.3 is 15.2 Å². The van der Waals surface area contributed by atoms with Gasteiger partial charge in [0.1, 0.15) is 0 Å². The standard InChI is InChI=1S/C21H23ClN4O2/c1-15(27)25-19(16-7-9-17(22)10-8-16)13-21(28)23-11-4-12-26-14-24-18-5-2-3-6-20(18)26/h2-3,5-10,14,19H,4,11-13H2,1H3,(H,23,28)(H,25,27)/t19-/m1/s1. The van der Waals surface area contributed by atoms with Crippen LogP contribution in [-0.4, -0.2) is 27.9 Å². The van der Waals surface area contributed by atoms with Crippen LogP contribution in [0, 0.1) is 0 Å². The average Bonchev–Trinajstić information content (AvgIpc) is 3.08. The molecule has 1 aromatic heterocycles. The van der Waals surface area contributed by atoms with E-state index >= 15 is 0 Å². The van der Waals surface area contributed by atoms with Crippen molar-refractivity contribution in [3.8, 4) is 0 Å². The maximum atomic E-state index is 12.3. The van der Waals surface area contributed by atoms with Gasteiger partial charge in [-0.25, -0.2) is 4.98 Å². The van der Waals surface area contributed by atoms with Crippen LogP contribution in [0.2, 0.25) is 5.02 Å². The fourth-order valence-corrected chi connectivity index (χ4v) is 3.24. The van der Waals surface area contributed by atoms with E-state index in [1.807, 2.05) is 42.7 Å². The first-order valence-electron chi connectivity index (χ1n) is 9.22. The molecule has 0 fully saturated rings. The second kappa shape index (κ2) is 9.37. The molecule has 0 saturated heterocycles. The number of aryl methyl sites for hydroxylation is 1. The summed E-state index contributed by atoms with van der Waals surface area (Å²) in [4.78, 5) is 28.2. The van der Waals surface area contributed by atoms with Gasteiger partial charge in [-0.05, 0) is 36.2 Å². The summed E-state index contributed by atoms with van der Waals surface area (Å²) in [5, 5.41) is 6.36. The minimum Gasteiger partial charge on any atom is -0.356 e. The zero-order chi connectivity index (χ0) is 19.9. The Morgan fingerprint density at radius 2 is 1.89 bits per heavy atom. The van der Waals surface area contributed by atoms with Crippen LogP contribution in [0.15, 0.2) is 54.9 Å². The van der Waals surface area contributed by atoms with Crippen LogP contribution >= 0.6 is 11.6 Å². The molecule has 0 aliphatic heterocycles. The Bertz CT molecular complexity index is 952. The molecule has 0 bridgehead atoms. The van der Waals surface area contributed by atoms with Crippen molar-refractivity contribution >= 4 is 34.4 Å². The molecule has 3 aromatic rings. The number of fused-ring (bicyclic) bond motifs is 1. The first-order valence-corrected chi connectivity index (χ1v) is 9.60. The Morgan fingerprint density at radius 3 is 2.64 bits per heavy atom. The second-order valence-corrected chi connectivity index (χ2v) is 7.08. The molecule has 0 aliphatic rings. The van der Waals surface area contributed by atoms with Crippen LogP contribution in [-0.2, 0) is 16.1 Å². The minimum atomic E-state index is -0.382. The molecular weight excluding hydrogens is 376 g/mol. The van der Waals surface area contributed by atoms with Crippen molar-refractivity contribution in [2.75, 3.05) is 6.54 Å². The van der Waals surface area contributed by atoms with Crippen LogP contribution in [0.1, 0.15) is 31.4 Å². The van der Waals surface area contributed by atoms with E-state index in [0.717, 1.165) is 29.6 Å². The van der Waals surface area contributed by atoms with Crippen molar-refractivity contribution in [1.29, 1.82) is 0 Å². The van der Waals surface area contributed by atoms with Gasteiger partial charge in [-0.3, -0.25) is 9.59 Å². The maximum Gasteiger partial charge on any atom is 0.222 e. The van der Waals surface area contributed by atoms with Crippen molar-refractivity contribution in [2.45, 2.75) is 32.4 Å². The molecule has 1 heterocycles. The molecule has 2 N–H and O–H groups in total. The van der Waals surface area contributed by atoms with Crippen molar-refractivity contribution in [3.63, 3.8) is 0 Å². The SMILES string of the molecule is CC(=O)N[C@H](CC(=O)NCCCn1cnc2ccccc21)c1ccc(Cl)cc1. The summed E-state index contributed by atoms with van der Waals surface area (Å²) in [6.07, 6.45) is 2.78. The van der Waals surface area contributed by atoms with Gasteiger partial charge in [0, 0.05) is 25.0 Å². The lowest BCUT2D eigenvalue weighted by molar-refractivity contribution is -0.122. The number of aromatic nitrogens is 2. The number of halogens is 1. The van der Waals surface area contributed by atoms with Gasteiger partial charge in [0.05, 0.1) is 29.8 Å². The molecule has 7 heteroatoms. The van der Waals surface area contributed by atoms with Gasteiger partial charge in [0.2, 0.25) is 11.8 Å². The topological polar surface area (TPSA) is 76.0 Å². The van der Waals surface area contributed by atoms with E-state index in [9.17, 15) is 9.59 Å². The smallest absolute Gasteiger partial charge is 0.222 e. The Balaban J connectivity index is 1.50. The first-order chi connectivity index (χ1) is 13.5. The van der Waals surface area contributed by atoms with Crippen LogP contribution in [0.4, 0.5) is 0 Å². The van der Waals surface area contributed by atoms with Crippen molar-refractivity contribution < 1.29 is 9.59 Å². The van der Waals surface area contributed by atoms with Crippen molar-refractivity contribution in [1.82, 2.24) is 20.2 Å². The number of nitrogens with one attached hydrogen (secondary N) is 2. The number of hydrogen-bond donors (Lipinski definition) is 2. The molecule has 0 aliphatic carbocycles. The highest BCUT2D eigenvalue weighted by Crippen LogP contribution is 2.19. The second-order valence-electron chi connectivity index (χ2n) is 6.64. The number of amides is 2. The molecule has 2 amide bonds. The Labute approximate surface area is 168 Å². The van der Waals surface area contributed by atoms with Gasteiger partial charge in [0.25, 0.3) is 0 Å². The molecule has 2 aromatic carbocycles. The van der Waals surface area contributed by atoms with Gasteiger partial charge in [0.15, 0.2) is 0 Å². The molecule has 3 rings (SSSR count). The number of nitrogens with zero attached hydrogens (tertiary/aromatic N) is 2. The summed E-state index contributed by atoms with van der Waals surface area (Å²) in [6, 6.07) is 14.7. The fourth-order valence-electron chi connectivity index (χ4n) is 3.12. The van der Waals surface area contributed by atoms with Crippen LogP contribution in [0.5, 0.6) is 0 Å². The highest BCUT2D eigenvalue weighted by molar-refractivity contribution is 6.30. The van der Waals surface area contributed by atoms with E-state index in [1.165, 1.54) is 6.92 Å². The third kappa shape index (κ3) is 5.33. The maximum absolute atomic E-state index is 12.3. The monoisotopic (exact) mass is 398 g/mol. The molecule has 0 saturated carbocycles. The molecule has 1 atom stereocenters. The predicted molar refractivity (Wildman–Crippen MR) is 110 cm³/mol. The normalized spacial score (nSPS) is 11.9. The minimum absolute atomic E-state index is 0.107. The predicted octanol–water partition coefficient (Wildman–Crippen LogP) is 3.46.